The van der Waals surface area contributed by atoms with Crippen LogP contribution in [-0.4, -0.2) is 17.1 Å². The molecular formula is C14H18N4O. The van der Waals surface area contributed by atoms with E-state index in [0.29, 0.717) is 29.8 Å². The van der Waals surface area contributed by atoms with Crippen LogP contribution >= 0.6 is 0 Å². The fraction of sp³-hybridized carbons (Fsp3) is 0.286. The molecule has 0 unspecified atom stereocenters. The monoisotopic (exact) mass is 258 g/mol. The lowest BCUT2D eigenvalue weighted by Crippen LogP contribution is -2.08. The lowest BCUT2D eigenvalue weighted by molar-refractivity contribution is 0.398. The van der Waals surface area contributed by atoms with Gasteiger partial charge in [0.15, 0.2) is 5.82 Å². The summed E-state index contributed by atoms with van der Waals surface area (Å²) in [6.07, 6.45) is 0. The Labute approximate surface area is 112 Å². The zero-order chi connectivity index (χ0) is 13.8. The summed E-state index contributed by atoms with van der Waals surface area (Å²) in [5, 5.41) is 3.21. The minimum absolute atomic E-state index is 0.402. The molecule has 0 amide bonds. The van der Waals surface area contributed by atoms with Crippen molar-refractivity contribution < 1.29 is 4.74 Å². The Morgan fingerprint density at radius 1 is 1.16 bits per heavy atom. The van der Waals surface area contributed by atoms with Crippen LogP contribution in [0.3, 0.4) is 0 Å². The van der Waals surface area contributed by atoms with E-state index in [1.54, 1.807) is 14.0 Å². The number of hydrogen-bond acceptors (Lipinski definition) is 5. The van der Waals surface area contributed by atoms with Gasteiger partial charge in [0.1, 0.15) is 11.5 Å². The second kappa shape index (κ2) is 5.56. The number of aryl methyl sites for hydroxylation is 2. The number of ether oxygens (including phenoxy) is 1. The fourth-order valence-corrected chi connectivity index (χ4v) is 1.74. The van der Waals surface area contributed by atoms with E-state index < -0.39 is 0 Å². The van der Waals surface area contributed by atoms with Crippen LogP contribution in [0.2, 0.25) is 0 Å². The van der Waals surface area contributed by atoms with Gasteiger partial charge < -0.3 is 15.8 Å². The van der Waals surface area contributed by atoms with E-state index in [-0.39, 0.29) is 0 Å². The lowest BCUT2D eigenvalue weighted by Gasteiger charge is -2.11. The Bertz CT molecular complexity index is 566. The van der Waals surface area contributed by atoms with Gasteiger partial charge in [0, 0.05) is 6.54 Å². The molecule has 100 valence electrons. The molecule has 0 saturated heterocycles. The second-order valence-electron chi connectivity index (χ2n) is 4.38. The summed E-state index contributed by atoms with van der Waals surface area (Å²) in [7, 11) is 1.54. The zero-order valence-corrected chi connectivity index (χ0v) is 11.4. The Hall–Kier alpha value is -2.30. The summed E-state index contributed by atoms with van der Waals surface area (Å²) in [6.45, 7) is 4.52. The van der Waals surface area contributed by atoms with Gasteiger partial charge in [-0.25, -0.2) is 4.98 Å². The normalized spacial score (nSPS) is 10.3. The van der Waals surface area contributed by atoms with Gasteiger partial charge in [-0.15, -0.1) is 0 Å². The average molecular weight is 258 g/mol. The van der Waals surface area contributed by atoms with Gasteiger partial charge in [0.25, 0.3) is 0 Å². The van der Waals surface area contributed by atoms with E-state index in [4.69, 9.17) is 10.5 Å². The van der Waals surface area contributed by atoms with Gasteiger partial charge in [-0.2, -0.15) is 4.98 Å². The Morgan fingerprint density at radius 3 is 2.47 bits per heavy atom. The van der Waals surface area contributed by atoms with Gasteiger partial charge in [0.05, 0.1) is 7.11 Å². The summed E-state index contributed by atoms with van der Waals surface area (Å²) in [6, 6.07) is 8.30. The van der Waals surface area contributed by atoms with E-state index in [0.717, 1.165) is 0 Å². The maximum atomic E-state index is 5.94. The van der Waals surface area contributed by atoms with E-state index >= 15 is 0 Å². The molecule has 5 nitrogen and oxygen atoms in total. The molecule has 0 spiro atoms. The molecule has 0 aliphatic rings. The van der Waals surface area contributed by atoms with Crippen molar-refractivity contribution in [1.29, 1.82) is 0 Å². The molecule has 0 aliphatic carbocycles. The van der Waals surface area contributed by atoms with Crippen LogP contribution in [0.4, 0.5) is 11.5 Å². The maximum Gasteiger partial charge on any atom is 0.242 e. The maximum absolute atomic E-state index is 5.94. The molecule has 1 heterocycles. The van der Waals surface area contributed by atoms with Crippen molar-refractivity contribution in [2.24, 2.45) is 0 Å². The number of hydrogen-bond donors (Lipinski definition) is 2. The Kier molecular flexibility index (Phi) is 3.85. The highest BCUT2D eigenvalue weighted by Crippen LogP contribution is 2.25. The highest BCUT2D eigenvalue weighted by atomic mass is 16.5. The van der Waals surface area contributed by atoms with E-state index in [1.807, 2.05) is 0 Å². The van der Waals surface area contributed by atoms with Gasteiger partial charge in [-0.05, 0) is 19.4 Å². The number of nitrogens with zero attached hydrogens (tertiary/aromatic N) is 2. The highest BCUT2D eigenvalue weighted by molar-refractivity contribution is 5.66. The van der Waals surface area contributed by atoms with Gasteiger partial charge in [-0.1, -0.05) is 29.8 Å². The smallest absolute Gasteiger partial charge is 0.242 e. The minimum Gasteiger partial charge on any atom is -0.479 e. The van der Waals surface area contributed by atoms with E-state index in [2.05, 4.69) is 46.5 Å². The molecule has 0 saturated carbocycles. The van der Waals surface area contributed by atoms with Crippen LogP contribution in [0, 0.1) is 13.8 Å². The third-order valence-electron chi connectivity index (χ3n) is 2.80. The third kappa shape index (κ3) is 3.13. The first-order chi connectivity index (χ1) is 9.10. The van der Waals surface area contributed by atoms with E-state index in [1.165, 1.54) is 11.1 Å². The van der Waals surface area contributed by atoms with Crippen molar-refractivity contribution in [3.8, 4) is 5.88 Å². The predicted molar refractivity (Wildman–Crippen MR) is 76.2 cm³/mol. The minimum atomic E-state index is 0.402. The molecule has 2 rings (SSSR count). The van der Waals surface area contributed by atoms with Crippen molar-refractivity contribution in [2.45, 2.75) is 20.4 Å². The fourth-order valence-electron chi connectivity index (χ4n) is 1.74. The first-order valence-corrected chi connectivity index (χ1v) is 6.07. The molecule has 0 fully saturated rings. The summed E-state index contributed by atoms with van der Waals surface area (Å²) >= 11 is 0. The van der Waals surface area contributed by atoms with Crippen molar-refractivity contribution in [2.75, 3.05) is 18.2 Å². The quantitative estimate of drug-likeness (QED) is 0.880. The number of anilines is 2. The largest absolute Gasteiger partial charge is 0.479 e. The van der Waals surface area contributed by atoms with Crippen molar-refractivity contribution in [1.82, 2.24) is 9.97 Å². The molecule has 5 heteroatoms. The molecule has 0 aliphatic heterocycles. The van der Waals surface area contributed by atoms with Gasteiger partial charge in [0.2, 0.25) is 5.88 Å². The molecule has 0 bridgehead atoms. The van der Waals surface area contributed by atoms with Crippen LogP contribution < -0.4 is 15.8 Å². The number of methoxy groups -OCH3 is 1. The molecule has 1 aromatic carbocycles. The summed E-state index contributed by atoms with van der Waals surface area (Å²) in [4.78, 5) is 8.41. The molecular weight excluding hydrogens is 240 g/mol. The SMILES string of the molecule is COc1nc(C)nc(NCc2ccc(C)cc2)c1N. The number of nitrogen functional groups attached to an aromatic ring is 1. The second-order valence-corrected chi connectivity index (χ2v) is 4.38. The van der Waals surface area contributed by atoms with Gasteiger partial charge >= 0.3 is 0 Å². The van der Waals surface area contributed by atoms with Crippen LogP contribution in [0.1, 0.15) is 17.0 Å². The van der Waals surface area contributed by atoms with E-state index in [9.17, 15) is 0 Å². The molecule has 3 N–H and O–H groups in total. The number of rotatable bonds is 4. The number of benzene rings is 1. The van der Waals surface area contributed by atoms with Crippen molar-refractivity contribution >= 4 is 11.5 Å². The zero-order valence-electron chi connectivity index (χ0n) is 11.4. The molecule has 19 heavy (non-hydrogen) atoms. The number of aromatic nitrogens is 2. The van der Waals surface area contributed by atoms with Crippen LogP contribution in [0.25, 0.3) is 0 Å². The summed E-state index contributed by atoms with van der Waals surface area (Å²) in [5.74, 6) is 1.63. The van der Waals surface area contributed by atoms with Crippen molar-refractivity contribution in [3.63, 3.8) is 0 Å². The first-order valence-electron chi connectivity index (χ1n) is 6.07. The molecule has 1 aromatic heterocycles. The van der Waals surface area contributed by atoms with Gasteiger partial charge in [-0.3, -0.25) is 0 Å². The molecule has 2 aromatic rings. The first kappa shape index (κ1) is 13.1. The summed E-state index contributed by atoms with van der Waals surface area (Å²) < 4.78 is 5.12. The Morgan fingerprint density at radius 2 is 1.84 bits per heavy atom. The lowest BCUT2D eigenvalue weighted by atomic mass is 10.1. The number of nitrogens with one attached hydrogen (secondary N) is 1. The molecule has 0 radical (unpaired) electrons. The average Bonchev–Trinajstić information content (AvgIpc) is 2.41. The molecule has 0 atom stereocenters. The van der Waals surface area contributed by atoms with Crippen LogP contribution in [0.5, 0.6) is 5.88 Å². The predicted octanol–water partition coefficient (Wildman–Crippen LogP) is 2.30. The van der Waals surface area contributed by atoms with Crippen LogP contribution in [-0.2, 0) is 6.54 Å². The highest BCUT2D eigenvalue weighted by Gasteiger charge is 2.10. The third-order valence-corrected chi connectivity index (χ3v) is 2.80. The van der Waals surface area contributed by atoms with Crippen LogP contribution in [0.15, 0.2) is 24.3 Å². The topological polar surface area (TPSA) is 73.1 Å². The standard InChI is InChI=1S/C14H18N4O/c1-9-4-6-11(7-5-9)8-16-13-12(15)14(19-3)18-10(2)17-13/h4-7H,8,15H2,1-3H3,(H,16,17,18). The van der Waals surface area contributed by atoms with Crippen molar-refractivity contribution in [3.05, 3.63) is 41.2 Å². The summed E-state index contributed by atoms with van der Waals surface area (Å²) in [5.41, 5.74) is 8.77. The number of nitrogens with two attached hydrogens (primary N) is 1. The Balaban J connectivity index is 2.15.